The van der Waals surface area contributed by atoms with Crippen LogP contribution in [0.4, 0.5) is 10.7 Å². The van der Waals surface area contributed by atoms with Crippen molar-refractivity contribution in [3.8, 4) is 0 Å². The van der Waals surface area contributed by atoms with Gasteiger partial charge in [-0.1, -0.05) is 6.07 Å². The van der Waals surface area contributed by atoms with Crippen molar-refractivity contribution < 1.29 is 9.53 Å². The van der Waals surface area contributed by atoms with Gasteiger partial charge < -0.3 is 15.0 Å². The summed E-state index contributed by atoms with van der Waals surface area (Å²) >= 11 is 1.73. The molecule has 142 valence electrons. The predicted molar refractivity (Wildman–Crippen MR) is 106 cm³/mol. The highest BCUT2D eigenvalue weighted by molar-refractivity contribution is 7.09. The molecular formula is C19H23N5O2S. The zero-order chi connectivity index (χ0) is 18.6. The van der Waals surface area contributed by atoms with Crippen molar-refractivity contribution in [3.63, 3.8) is 0 Å². The number of nitrogens with one attached hydrogen (secondary N) is 1. The number of thiophene rings is 1. The molecule has 27 heavy (non-hydrogen) atoms. The van der Waals surface area contributed by atoms with Crippen LogP contribution in [0.1, 0.15) is 24.6 Å². The van der Waals surface area contributed by atoms with E-state index < -0.39 is 0 Å². The summed E-state index contributed by atoms with van der Waals surface area (Å²) in [5.41, 5.74) is 1.78. The molecule has 0 unspecified atom stereocenters. The molecule has 1 saturated heterocycles. The highest BCUT2D eigenvalue weighted by Gasteiger charge is 2.25. The summed E-state index contributed by atoms with van der Waals surface area (Å²) in [7, 11) is 0. The number of pyridine rings is 1. The molecule has 4 heterocycles. The molecule has 1 aliphatic heterocycles. The van der Waals surface area contributed by atoms with Gasteiger partial charge in [-0.15, -0.1) is 11.3 Å². The van der Waals surface area contributed by atoms with Crippen LogP contribution in [0.3, 0.4) is 0 Å². The SMILES string of the molecule is CCOC(=O)N1CCC(Nc2nc3cccnc3n2Cc2cccs2)CC1. The number of carbonyl (C=O) groups is 1. The Kier molecular flexibility index (Phi) is 5.24. The van der Waals surface area contributed by atoms with E-state index in [0.29, 0.717) is 19.7 Å². The molecule has 0 radical (unpaired) electrons. The lowest BCUT2D eigenvalue weighted by molar-refractivity contribution is 0.0983. The van der Waals surface area contributed by atoms with E-state index in [1.54, 1.807) is 22.4 Å². The third-order valence-electron chi connectivity index (χ3n) is 4.75. The molecule has 4 rings (SSSR count). The molecule has 0 bridgehead atoms. The number of amides is 1. The quantitative estimate of drug-likeness (QED) is 0.727. The van der Waals surface area contributed by atoms with Crippen LogP contribution in [0.5, 0.6) is 0 Å². The van der Waals surface area contributed by atoms with Gasteiger partial charge in [0.05, 0.1) is 13.2 Å². The molecule has 0 saturated carbocycles. The summed E-state index contributed by atoms with van der Waals surface area (Å²) in [5, 5.41) is 5.66. The standard InChI is InChI=1S/C19H23N5O2S/c1-2-26-19(25)23-10-7-14(8-11-23)21-18-22-16-6-3-9-20-17(16)24(18)13-15-5-4-12-27-15/h3-6,9,12,14H,2,7-8,10-11,13H2,1H3,(H,21,22). The first-order valence-corrected chi connectivity index (χ1v) is 10.1. The Labute approximate surface area is 162 Å². The minimum Gasteiger partial charge on any atom is -0.450 e. The molecule has 7 nitrogen and oxygen atoms in total. The number of ether oxygens (including phenoxy) is 1. The second-order valence-corrected chi connectivity index (χ2v) is 7.58. The number of nitrogens with zero attached hydrogens (tertiary/aromatic N) is 4. The van der Waals surface area contributed by atoms with E-state index in [0.717, 1.165) is 36.5 Å². The Hall–Kier alpha value is -2.61. The van der Waals surface area contributed by atoms with Gasteiger partial charge in [0.2, 0.25) is 5.95 Å². The highest BCUT2D eigenvalue weighted by atomic mass is 32.1. The van der Waals surface area contributed by atoms with Crippen molar-refractivity contribution >= 4 is 34.5 Å². The molecule has 1 aliphatic rings. The molecule has 0 aliphatic carbocycles. The van der Waals surface area contributed by atoms with Crippen molar-refractivity contribution in [2.45, 2.75) is 32.4 Å². The average molecular weight is 385 g/mol. The minimum absolute atomic E-state index is 0.218. The Morgan fingerprint density at radius 3 is 2.93 bits per heavy atom. The first kappa shape index (κ1) is 17.8. The summed E-state index contributed by atoms with van der Waals surface area (Å²) < 4.78 is 7.23. The summed E-state index contributed by atoms with van der Waals surface area (Å²) in [4.78, 5) is 24.2. The van der Waals surface area contributed by atoms with E-state index in [1.165, 1.54) is 4.88 Å². The second kappa shape index (κ2) is 7.96. The zero-order valence-electron chi connectivity index (χ0n) is 15.3. The Morgan fingerprint density at radius 1 is 1.33 bits per heavy atom. The van der Waals surface area contributed by atoms with E-state index in [9.17, 15) is 4.79 Å². The number of hydrogen-bond acceptors (Lipinski definition) is 6. The van der Waals surface area contributed by atoms with Gasteiger partial charge in [0.25, 0.3) is 0 Å². The van der Waals surface area contributed by atoms with Crippen LogP contribution in [0, 0.1) is 0 Å². The van der Waals surface area contributed by atoms with Gasteiger partial charge in [-0.3, -0.25) is 4.57 Å². The lowest BCUT2D eigenvalue weighted by Crippen LogP contribution is -2.42. The van der Waals surface area contributed by atoms with E-state index >= 15 is 0 Å². The summed E-state index contributed by atoms with van der Waals surface area (Å²) in [6, 6.07) is 8.36. The maximum atomic E-state index is 11.9. The molecule has 0 spiro atoms. The molecule has 1 N–H and O–H groups in total. The van der Waals surface area contributed by atoms with Crippen molar-refractivity contribution in [2.75, 3.05) is 25.0 Å². The second-order valence-electron chi connectivity index (χ2n) is 6.55. The first-order valence-electron chi connectivity index (χ1n) is 9.26. The van der Waals surface area contributed by atoms with Crippen LogP contribution >= 0.6 is 11.3 Å². The Bertz CT molecular complexity index is 900. The smallest absolute Gasteiger partial charge is 0.409 e. The zero-order valence-corrected chi connectivity index (χ0v) is 16.1. The van der Waals surface area contributed by atoms with Gasteiger partial charge in [0.15, 0.2) is 5.65 Å². The van der Waals surface area contributed by atoms with Crippen molar-refractivity contribution in [1.29, 1.82) is 0 Å². The van der Waals surface area contributed by atoms with E-state index in [2.05, 4.69) is 32.4 Å². The van der Waals surface area contributed by atoms with E-state index in [-0.39, 0.29) is 12.1 Å². The van der Waals surface area contributed by atoms with Crippen LogP contribution in [0.25, 0.3) is 11.2 Å². The number of imidazole rings is 1. The van der Waals surface area contributed by atoms with Gasteiger partial charge in [0.1, 0.15) is 5.52 Å². The first-order chi connectivity index (χ1) is 13.2. The number of piperidine rings is 1. The highest BCUT2D eigenvalue weighted by Crippen LogP contribution is 2.23. The molecule has 0 atom stereocenters. The van der Waals surface area contributed by atoms with Gasteiger partial charge in [0, 0.05) is 30.2 Å². The van der Waals surface area contributed by atoms with E-state index in [1.807, 2.05) is 19.1 Å². The minimum atomic E-state index is -0.218. The molecular weight excluding hydrogens is 362 g/mol. The van der Waals surface area contributed by atoms with E-state index in [4.69, 9.17) is 9.72 Å². The topological polar surface area (TPSA) is 72.3 Å². The summed E-state index contributed by atoms with van der Waals surface area (Å²) in [6.45, 7) is 4.38. The Morgan fingerprint density at radius 2 is 2.19 bits per heavy atom. The predicted octanol–water partition coefficient (Wildman–Crippen LogP) is 3.57. The Balaban J connectivity index is 1.50. The fourth-order valence-electron chi connectivity index (χ4n) is 3.38. The fourth-order valence-corrected chi connectivity index (χ4v) is 4.07. The van der Waals surface area contributed by atoms with Gasteiger partial charge in [-0.25, -0.2) is 14.8 Å². The van der Waals surface area contributed by atoms with Crippen LogP contribution in [0.2, 0.25) is 0 Å². The number of hydrogen-bond donors (Lipinski definition) is 1. The van der Waals surface area contributed by atoms with Crippen LogP contribution in [-0.2, 0) is 11.3 Å². The fraction of sp³-hybridized carbons (Fsp3) is 0.421. The van der Waals surface area contributed by atoms with Crippen molar-refractivity contribution in [2.24, 2.45) is 0 Å². The number of aromatic nitrogens is 3. The van der Waals surface area contributed by atoms with Gasteiger partial charge in [-0.2, -0.15) is 0 Å². The summed E-state index contributed by atoms with van der Waals surface area (Å²) in [5.74, 6) is 0.840. The molecule has 8 heteroatoms. The average Bonchev–Trinajstić information content (AvgIpc) is 3.31. The molecule has 3 aromatic heterocycles. The molecule has 0 aromatic carbocycles. The van der Waals surface area contributed by atoms with Crippen LogP contribution < -0.4 is 5.32 Å². The number of anilines is 1. The summed E-state index contributed by atoms with van der Waals surface area (Å²) in [6.07, 6.45) is 3.32. The maximum Gasteiger partial charge on any atom is 0.409 e. The maximum absolute atomic E-state index is 11.9. The molecule has 1 fully saturated rings. The number of fused-ring (bicyclic) bond motifs is 1. The number of carbonyl (C=O) groups excluding carboxylic acids is 1. The normalized spacial score (nSPS) is 15.2. The largest absolute Gasteiger partial charge is 0.450 e. The van der Waals surface area contributed by atoms with Gasteiger partial charge in [-0.05, 0) is 43.3 Å². The lowest BCUT2D eigenvalue weighted by Gasteiger charge is -2.31. The third-order valence-corrected chi connectivity index (χ3v) is 5.61. The van der Waals surface area contributed by atoms with Crippen molar-refractivity contribution in [3.05, 3.63) is 40.7 Å². The molecule has 1 amide bonds. The third kappa shape index (κ3) is 3.90. The van der Waals surface area contributed by atoms with Crippen LogP contribution in [-0.4, -0.2) is 51.3 Å². The number of likely N-dealkylation sites (tertiary alicyclic amines) is 1. The lowest BCUT2D eigenvalue weighted by atomic mass is 10.1. The van der Waals surface area contributed by atoms with Gasteiger partial charge >= 0.3 is 6.09 Å². The van der Waals surface area contributed by atoms with Crippen molar-refractivity contribution in [1.82, 2.24) is 19.4 Å². The molecule has 3 aromatic rings. The van der Waals surface area contributed by atoms with Crippen LogP contribution in [0.15, 0.2) is 35.8 Å². The number of rotatable bonds is 5. The monoisotopic (exact) mass is 385 g/mol.